The number of aldehydes is 2. The Kier molecular flexibility index (Phi) is 7.16. The normalized spacial score (nSPS) is 16.0. The van der Waals surface area contributed by atoms with Crippen LogP contribution in [0.5, 0.6) is 0 Å². The molecular formula is C16H25NO2. The van der Waals surface area contributed by atoms with Gasteiger partial charge in [0.05, 0.1) is 0 Å². The van der Waals surface area contributed by atoms with Crippen LogP contribution in [0.3, 0.4) is 0 Å². The Morgan fingerprint density at radius 3 is 2.11 bits per heavy atom. The van der Waals surface area contributed by atoms with Gasteiger partial charge in [-0.3, -0.25) is 9.59 Å². The van der Waals surface area contributed by atoms with Crippen LogP contribution in [0.25, 0.3) is 0 Å². The first-order valence-corrected chi connectivity index (χ1v) is 7.36. The summed E-state index contributed by atoms with van der Waals surface area (Å²) in [5, 5.41) is 0. The number of hydrogen-bond donors (Lipinski definition) is 0. The van der Waals surface area contributed by atoms with Crippen molar-refractivity contribution >= 4 is 12.6 Å². The van der Waals surface area contributed by atoms with Crippen molar-refractivity contribution < 1.29 is 9.59 Å². The summed E-state index contributed by atoms with van der Waals surface area (Å²) in [5.74, 6) is -0.00751. The highest BCUT2D eigenvalue weighted by molar-refractivity contribution is 5.83. The van der Waals surface area contributed by atoms with E-state index in [-0.39, 0.29) is 5.92 Å². The zero-order valence-electron chi connectivity index (χ0n) is 12.1. The maximum absolute atomic E-state index is 11.2. The minimum absolute atomic E-state index is 0.00751. The van der Waals surface area contributed by atoms with Crippen LogP contribution in [0.2, 0.25) is 0 Å². The predicted octanol–water partition coefficient (Wildman–Crippen LogP) is 3.46. The average Bonchev–Trinajstić information content (AvgIpc) is 2.44. The lowest BCUT2D eigenvalue weighted by Gasteiger charge is -2.27. The number of allylic oxidation sites excluding steroid dienone is 2. The van der Waals surface area contributed by atoms with Crippen molar-refractivity contribution in [1.29, 1.82) is 0 Å². The first kappa shape index (κ1) is 15.7. The summed E-state index contributed by atoms with van der Waals surface area (Å²) >= 11 is 0. The van der Waals surface area contributed by atoms with E-state index in [2.05, 4.69) is 13.8 Å². The van der Waals surface area contributed by atoms with E-state index in [0.29, 0.717) is 0 Å². The highest BCUT2D eigenvalue weighted by Gasteiger charge is 2.22. The standard InChI is InChI=1S/C16H25NO2/c1-3-5-6-7-9-17-10-14(12-18)16(8-4-2)15(11-17)13-19/h10-13,16H,3-9H2,1-2H3. The molecule has 0 aliphatic carbocycles. The van der Waals surface area contributed by atoms with Gasteiger partial charge in [0.25, 0.3) is 0 Å². The average molecular weight is 263 g/mol. The summed E-state index contributed by atoms with van der Waals surface area (Å²) in [4.78, 5) is 24.4. The summed E-state index contributed by atoms with van der Waals surface area (Å²) < 4.78 is 0. The van der Waals surface area contributed by atoms with Gasteiger partial charge in [0.2, 0.25) is 0 Å². The molecule has 19 heavy (non-hydrogen) atoms. The summed E-state index contributed by atoms with van der Waals surface area (Å²) in [7, 11) is 0. The van der Waals surface area contributed by atoms with Crippen LogP contribution in [-0.4, -0.2) is 24.0 Å². The van der Waals surface area contributed by atoms with Crippen LogP contribution >= 0.6 is 0 Å². The molecule has 1 aliphatic rings. The summed E-state index contributed by atoms with van der Waals surface area (Å²) in [5.41, 5.74) is 1.48. The third kappa shape index (κ3) is 4.66. The van der Waals surface area contributed by atoms with Gasteiger partial charge >= 0.3 is 0 Å². The number of hydrogen-bond acceptors (Lipinski definition) is 3. The monoisotopic (exact) mass is 263 g/mol. The van der Waals surface area contributed by atoms with Crippen LogP contribution in [-0.2, 0) is 9.59 Å². The first-order chi connectivity index (χ1) is 9.26. The molecular weight excluding hydrogens is 238 g/mol. The van der Waals surface area contributed by atoms with Gasteiger partial charge in [-0.2, -0.15) is 0 Å². The Bertz CT molecular complexity index is 332. The zero-order chi connectivity index (χ0) is 14.1. The molecule has 0 aromatic rings. The fourth-order valence-corrected chi connectivity index (χ4v) is 2.49. The third-order valence-corrected chi connectivity index (χ3v) is 3.55. The maximum atomic E-state index is 11.2. The minimum atomic E-state index is -0.00751. The summed E-state index contributed by atoms with van der Waals surface area (Å²) in [6.45, 7) is 5.14. The SMILES string of the molecule is CCCCCCN1C=C(C=O)C(CCC)C(C=O)=C1. The molecule has 0 N–H and O–H groups in total. The van der Waals surface area contributed by atoms with Gasteiger partial charge in [0.1, 0.15) is 12.6 Å². The molecule has 1 rings (SSSR count). The number of rotatable bonds is 9. The quantitative estimate of drug-likeness (QED) is 0.472. The van der Waals surface area contributed by atoms with Crippen molar-refractivity contribution in [3.8, 4) is 0 Å². The molecule has 0 atom stereocenters. The summed E-state index contributed by atoms with van der Waals surface area (Å²) in [6, 6.07) is 0. The summed E-state index contributed by atoms with van der Waals surface area (Å²) in [6.07, 6.45) is 12.2. The van der Waals surface area contributed by atoms with Crippen LogP contribution in [0.4, 0.5) is 0 Å². The molecule has 0 unspecified atom stereocenters. The molecule has 0 spiro atoms. The van der Waals surface area contributed by atoms with Gasteiger partial charge in [-0.1, -0.05) is 39.5 Å². The van der Waals surface area contributed by atoms with E-state index in [1.54, 1.807) is 0 Å². The van der Waals surface area contributed by atoms with Crippen molar-refractivity contribution in [3.63, 3.8) is 0 Å². The number of carbonyl (C=O) groups excluding carboxylic acids is 2. The highest BCUT2D eigenvalue weighted by Crippen LogP contribution is 2.28. The van der Waals surface area contributed by atoms with Crippen molar-refractivity contribution in [2.24, 2.45) is 5.92 Å². The third-order valence-electron chi connectivity index (χ3n) is 3.55. The molecule has 0 aromatic heterocycles. The Labute approximate surface area is 116 Å². The first-order valence-electron chi connectivity index (χ1n) is 7.36. The molecule has 0 saturated heterocycles. The molecule has 0 radical (unpaired) electrons. The van der Waals surface area contributed by atoms with E-state index in [9.17, 15) is 9.59 Å². The van der Waals surface area contributed by atoms with Gasteiger partial charge in [-0.25, -0.2) is 0 Å². The highest BCUT2D eigenvalue weighted by atomic mass is 16.1. The van der Waals surface area contributed by atoms with Crippen LogP contribution in [0.15, 0.2) is 23.5 Å². The maximum Gasteiger partial charge on any atom is 0.148 e. The molecule has 3 nitrogen and oxygen atoms in total. The molecule has 0 aromatic carbocycles. The molecule has 0 amide bonds. The minimum Gasteiger partial charge on any atom is -0.353 e. The lowest BCUT2D eigenvalue weighted by molar-refractivity contribution is -0.105. The molecule has 0 bridgehead atoms. The molecule has 0 saturated carbocycles. The Balaban J connectivity index is 2.68. The molecule has 3 heteroatoms. The van der Waals surface area contributed by atoms with E-state index in [0.717, 1.165) is 49.5 Å². The van der Waals surface area contributed by atoms with E-state index >= 15 is 0 Å². The molecule has 106 valence electrons. The lowest BCUT2D eigenvalue weighted by Crippen LogP contribution is -2.24. The van der Waals surface area contributed by atoms with E-state index < -0.39 is 0 Å². The Hall–Kier alpha value is -1.38. The van der Waals surface area contributed by atoms with Crippen molar-refractivity contribution in [3.05, 3.63) is 23.5 Å². The van der Waals surface area contributed by atoms with Gasteiger partial charge in [0.15, 0.2) is 0 Å². The van der Waals surface area contributed by atoms with Crippen LogP contribution in [0.1, 0.15) is 52.4 Å². The van der Waals surface area contributed by atoms with Crippen molar-refractivity contribution in [2.45, 2.75) is 52.4 Å². The molecule has 1 heterocycles. The van der Waals surface area contributed by atoms with E-state index in [1.807, 2.05) is 17.3 Å². The van der Waals surface area contributed by atoms with Gasteiger partial charge in [-0.05, 0) is 12.8 Å². The van der Waals surface area contributed by atoms with E-state index in [1.165, 1.54) is 19.3 Å². The largest absolute Gasteiger partial charge is 0.353 e. The predicted molar refractivity (Wildman–Crippen MR) is 77.5 cm³/mol. The Morgan fingerprint density at radius 2 is 1.63 bits per heavy atom. The fourth-order valence-electron chi connectivity index (χ4n) is 2.49. The smallest absolute Gasteiger partial charge is 0.148 e. The number of unbranched alkanes of at least 4 members (excludes halogenated alkanes) is 3. The van der Waals surface area contributed by atoms with Gasteiger partial charge < -0.3 is 4.90 Å². The second-order valence-corrected chi connectivity index (χ2v) is 5.13. The number of nitrogens with zero attached hydrogens (tertiary/aromatic N) is 1. The van der Waals surface area contributed by atoms with E-state index in [4.69, 9.17) is 0 Å². The second-order valence-electron chi connectivity index (χ2n) is 5.13. The topological polar surface area (TPSA) is 37.4 Å². The van der Waals surface area contributed by atoms with Crippen molar-refractivity contribution in [1.82, 2.24) is 4.90 Å². The molecule has 0 fully saturated rings. The van der Waals surface area contributed by atoms with Gasteiger partial charge in [-0.15, -0.1) is 0 Å². The Morgan fingerprint density at radius 1 is 1.00 bits per heavy atom. The van der Waals surface area contributed by atoms with Crippen molar-refractivity contribution in [2.75, 3.05) is 6.54 Å². The fraction of sp³-hybridized carbons (Fsp3) is 0.625. The number of carbonyl (C=O) groups is 2. The second kappa shape index (κ2) is 8.68. The lowest BCUT2D eigenvalue weighted by atomic mass is 9.87. The van der Waals surface area contributed by atoms with Crippen LogP contribution < -0.4 is 0 Å². The molecule has 1 aliphatic heterocycles. The van der Waals surface area contributed by atoms with Crippen LogP contribution in [0, 0.1) is 5.92 Å². The van der Waals surface area contributed by atoms with Gasteiger partial charge in [0, 0.05) is 36.0 Å². The zero-order valence-corrected chi connectivity index (χ0v) is 12.1.